The topological polar surface area (TPSA) is 97.9 Å². The number of nitrogens with two attached hydrogens (primary N) is 1. The lowest BCUT2D eigenvalue weighted by Crippen LogP contribution is -2.23. The molecule has 2 heterocycles. The predicted octanol–water partition coefficient (Wildman–Crippen LogP) is 3.33. The molecule has 1 aliphatic heterocycles. The zero-order valence-corrected chi connectivity index (χ0v) is 16.9. The Kier molecular flexibility index (Phi) is 5.49. The fourth-order valence-electron chi connectivity index (χ4n) is 2.86. The first-order chi connectivity index (χ1) is 14.5. The first-order valence-electron chi connectivity index (χ1n) is 9.12. The van der Waals surface area contributed by atoms with Gasteiger partial charge in [-0.15, -0.1) is 0 Å². The van der Waals surface area contributed by atoms with Crippen molar-refractivity contribution >= 4 is 51.4 Å². The first-order valence-corrected chi connectivity index (χ1v) is 9.93. The number of thioether (sulfide) groups is 1. The minimum Gasteiger partial charge on any atom is -0.484 e. The molecule has 30 heavy (non-hydrogen) atoms. The van der Waals surface area contributed by atoms with Crippen LogP contribution in [0, 0.1) is 0 Å². The summed E-state index contributed by atoms with van der Waals surface area (Å²) in [7, 11) is 1.71. The first kappa shape index (κ1) is 19.7. The van der Waals surface area contributed by atoms with Gasteiger partial charge in [0.25, 0.3) is 11.8 Å². The summed E-state index contributed by atoms with van der Waals surface area (Å²) in [5.41, 5.74) is 7.56. The second-order valence-corrected chi connectivity index (χ2v) is 7.58. The molecule has 150 valence electrons. The monoisotopic (exact) mass is 418 g/mol. The second-order valence-electron chi connectivity index (χ2n) is 6.57. The molecular weight excluding hydrogens is 400 g/mol. The van der Waals surface area contributed by atoms with Gasteiger partial charge in [0.1, 0.15) is 5.75 Å². The molecule has 2 amide bonds. The van der Waals surface area contributed by atoms with Crippen LogP contribution in [-0.4, -0.2) is 40.5 Å². The highest BCUT2D eigenvalue weighted by Crippen LogP contribution is 2.33. The van der Waals surface area contributed by atoms with E-state index >= 15 is 0 Å². The molecule has 0 unspecified atom stereocenters. The number of carbonyl (C=O) groups excluding carboxylic acids is 2. The summed E-state index contributed by atoms with van der Waals surface area (Å²) in [5.74, 6) is -0.117. The summed E-state index contributed by atoms with van der Waals surface area (Å²) in [6.45, 7) is -0.176. The Hall–Kier alpha value is -3.65. The van der Waals surface area contributed by atoms with E-state index in [9.17, 15) is 9.59 Å². The number of aromatic nitrogens is 1. The average Bonchev–Trinajstić information content (AvgIpc) is 3.01. The number of aliphatic imine (C=N–C) groups is 1. The molecule has 0 radical (unpaired) electrons. The van der Waals surface area contributed by atoms with Crippen molar-refractivity contribution in [3.63, 3.8) is 0 Å². The van der Waals surface area contributed by atoms with Crippen LogP contribution in [0.25, 0.3) is 17.0 Å². The van der Waals surface area contributed by atoms with Gasteiger partial charge in [-0.25, -0.2) is 4.99 Å². The zero-order chi connectivity index (χ0) is 21.1. The number of hydrogen-bond donors (Lipinski definition) is 1. The highest BCUT2D eigenvalue weighted by molar-refractivity contribution is 8.18. The van der Waals surface area contributed by atoms with Crippen LogP contribution in [0.4, 0.5) is 5.69 Å². The molecule has 2 N–H and O–H groups in total. The molecule has 0 aliphatic carbocycles. The van der Waals surface area contributed by atoms with E-state index in [-0.39, 0.29) is 12.5 Å². The van der Waals surface area contributed by atoms with Gasteiger partial charge in [0.15, 0.2) is 11.8 Å². The molecular formula is C22H18N4O3S. The van der Waals surface area contributed by atoms with E-state index in [4.69, 9.17) is 10.5 Å². The number of hydrogen-bond acceptors (Lipinski definition) is 6. The summed E-state index contributed by atoms with van der Waals surface area (Å²) < 4.78 is 5.25. The number of amides is 2. The third-order valence-corrected chi connectivity index (χ3v) is 5.43. The number of carbonyl (C=O) groups is 2. The third kappa shape index (κ3) is 4.33. The van der Waals surface area contributed by atoms with Crippen molar-refractivity contribution in [2.75, 3.05) is 13.7 Å². The third-order valence-electron chi connectivity index (χ3n) is 4.37. The molecule has 1 aliphatic rings. The lowest BCUT2D eigenvalue weighted by molar-refractivity contribution is -0.121. The van der Waals surface area contributed by atoms with E-state index in [1.54, 1.807) is 31.5 Å². The van der Waals surface area contributed by atoms with Crippen LogP contribution in [0.2, 0.25) is 0 Å². The van der Waals surface area contributed by atoms with Gasteiger partial charge in [-0.3, -0.25) is 19.5 Å². The smallest absolute Gasteiger partial charge is 0.266 e. The summed E-state index contributed by atoms with van der Waals surface area (Å²) >= 11 is 1.32. The maximum absolute atomic E-state index is 12.6. The summed E-state index contributed by atoms with van der Waals surface area (Å²) in [5, 5.41) is 1.60. The molecule has 0 atom stereocenters. The van der Waals surface area contributed by atoms with Crippen LogP contribution in [0.5, 0.6) is 5.75 Å². The Morgan fingerprint density at radius 3 is 2.80 bits per heavy atom. The molecule has 0 saturated carbocycles. The average molecular weight is 418 g/mol. The Bertz CT molecular complexity index is 1190. The number of pyridine rings is 1. The predicted molar refractivity (Wildman–Crippen MR) is 118 cm³/mol. The van der Waals surface area contributed by atoms with Crippen molar-refractivity contribution in [3.8, 4) is 5.75 Å². The van der Waals surface area contributed by atoms with Gasteiger partial charge in [0, 0.05) is 18.6 Å². The highest BCUT2D eigenvalue weighted by atomic mass is 32.2. The Balaban J connectivity index is 1.54. The number of nitrogens with zero attached hydrogens (tertiary/aromatic N) is 3. The SMILES string of the molecule is CN1C(=O)/C(=C/c2ccc(OCC(N)=O)cc2)SC1=Nc1ccc2ncccc2c1. The van der Waals surface area contributed by atoms with Gasteiger partial charge in [-0.1, -0.05) is 18.2 Å². The number of primary amides is 1. The van der Waals surface area contributed by atoms with Crippen LogP contribution in [-0.2, 0) is 9.59 Å². The highest BCUT2D eigenvalue weighted by Gasteiger charge is 2.30. The van der Waals surface area contributed by atoms with Crippen LogP contribution < -0.4 is 10.5 Å². The van der Waals surface area contributed by atoms with Crippen molar-refractivity contribution in [1.29, 1.82) is 0 Å². The van der Waals surface area contributed by atoms with E-state index in [1.165, 1.54) is 16.7 Å². The summed E-state index contributed by atoms with van der Waals surface area (Å²) in [6.07, 6.45) is 3.55. The molecule has 8 heteroatoms. The normalized spacial score (nSPS) is 16.6. The van der Waals surface area contributed by atoms with Crippen LogP contribution in [0.15, 0.2) is 70.7 Å². The van der Waals surface area contributed by atoms with Crippen molar-refractivity contribution in [3.05, 3.63) is 71.3 Å². The van der Waals surface area contributed by atoms with Crippen molar-refractivity contribution in [2.24, 2.45) is 10.7 Å². The number of fused-ring (bicyclic) bond motifs is 1. The van der Waals surface area contributed by atoms with E-state index < -0.39 is 5.91 Å². The maximum atomic E-state index is 12.6. The minimum absolute atomic E-state index is 0.115. The minimum atomic E-state index is -0.535. The van der Waals surface area contributed by atoms with Crippen LogP contribution >= 0.6 is 11.8 Å². The number of rotatable bonds is 5. The van der Waals surface area contributed by atoms with Gasteiger partial charge in [-0.05, 0) is 59.8 Å². The van der Waals surface area contributed by atoms with E-state index in [0.29, 0.717) is 15.8 Å². The van der Waals surface area contributed by atoms with Crippen LogP contribution in [0.3, 0.4) is 0 Å². The molecule has 3 aromatic rings. The quantitative estimate of drug-likeness (QED) is 0.641. The Morgan fingerprint density at radius 1 is 1.23 bits per heavy atom. The van der Waals surface area contributed by atoms with Crippen LogP contribution in [0.1, 0.15) is 5.56 Å². The Labute approximate surface area is 177 Å². The van der Waals surface area contributed by atoms with Gasteiger partial charge in [0.2, 0.25) is 0 Å². The van der Waals surface area contributed by atoms with Crippen molar-refractivity contribution in [1.82, 2.24) is 9.88 Å². The molecule has 2 aromatic carbocycles. The fourth-order valence-corrected chi connectivity index (χ4v) is 3.85. The van der Waals surface area contributed by atoms with E-state index in [0.717, 1.165) is 22.2 Å². The van der Waals surface area contributed by atoms with Crippen molar-refractivity contribution in [2.45, 2.75) is 0 Å². The van der Waals surface area contributed by atoms with E-state index in [2.05, 4.69) is 9.98 Å². The lowest BCUT2D eigenvalue weighted by atomic mass is 10.2. The largest absolute Gasteiger partial charge is 0.484 e. The second kappa shape index (κ2) is 8.38. The summed E-state index contributed by atoms with van der Waals surface area (Å²) in [4.78, 5) is 34.5. The van der Waals surface area contributed by atoms with Crippen molar-refractivity contribution < 1.29 is 14.3 Å². The van der Waals surface area contributed by atoms with Gasteiger partial charge in [-0.2, -0.15) is 0 Å². The van der Waals surface area contributed by atoms with Gasteiger partial charge in [0.05, 0.1) is 16.1 Å². The van der Waals surface area contributed by atoms with Gasteiger partial charge >= 0.3 is 0 Å². The maximum Gasteiger partial charge on any atom is 0.266 e. The zero-order valence-electron chi connectivity index (χ0n) is 16.1. The number of amidine groups is 1. The Morgan fingerprint density at radius 2 is 2.03 bits per heavy atom. The molecule has 1 fully saturated rings. The van der Waals surface area contributed by atoms with E-state index in [1.807, 2.05) is 42.5 Å². The molecule has 0 spiro atoms. The fraction of sp³-hybridized carbons (Fsp3) is 0.0909. The van der Waals surface area contributed by atoms with Gasteiger partial charge < -0.3 is 10.5 Å². The molecule has 1 aromatic heterocycles. The summed E-state index contributed by atoms with van der Waals surface area (Å²) in [6, 6.07) is 16.7. The molecule has 0 bridgehead atoms. The number of ether oxygens (including phenoxy) is 1. The number of benzene rings is 2. The lowest BCUT2D eigenvalue weighted by Gasteiger charge is -2.07. The molecule has 1 saturated heterocycles. The number of likely N-dealkylation sites (N-methyl/N-ethyl adjacent to an activating group) is 1. The molecule has 4 rings (SSSR count). The molecule has 7 nitrogen and oxygen atoms in total. The standard InChI is InChI=1S/C22H18N4O3S/c1-26-21(28)19(11-14-4-7-17(8-5-14)29-13-20(23)27)30-22(26)25-16-6-9-18-15(12-16)3-2-10-24-18/h2-12H,13H2,1H3,(H2,23,27)/b19-11-,25-22?.